The summed E-state index contributed by atoms with van der Waals surface area (Å²) in [7, 11) is 1.67. The Morgan fingerprint density at radius 1 is 1.00 bits per heavy atom. The van der Waals surface area contributed by atoms with Crippen LogP contribution >= 0.6 is 11.3 Å². The number of hydrogen-bond acceptors (Lipinski definition) is 7. The summed E-state index contributed by atoms with van der Waals surface area (Å²) in [5, 5.41) is 15.0. The number of methoxy groups -OCH3 is 1. The topological polar surface area (TPSA) is 66.1 Å². The van der Waals surface area contributed by atoms with Gasteiger partial charge in [0.15, 0.2) is 0 Å². The monoisotopic (exact) mass is 421 g/mol. The van der Waals surface area contributed by atoms with E-state index in [0.717, 1.165) is 42.4 Å². The van der Waals surface area contributed by atoms with Crippen molar-refractivity contribution in [3.05, 3.63) is 71.4 Å². The molecule has 1 N–H and O–H groups in total. The van der Waals surface area contributed by atoms with Crippen LogP contribution in [0.25, 0.3) is 4.96 Å². The number of thiazole rings is 1. The number of benzene rings is 2. The van der Waals surface area contributed by atoms with Crippen LogP contribution in [0.2, 0.25) is 0 Å². The highest BCUT2D eigenvalue weighted by atomic mass is 32.1. The van der Waals surface area contributed by atoms with Crippen molar-refractivity contribution < 1.29 is 9.84 Å². The summed E-state index contributed by atoms with van der Waals surface area (Å²) < 4.78 is 6.84. The molecule has 0 radical (unpaired) electrons. The van der Waals surface area contributed by atoms with Crippen LogP contribution in [0.4, 0.5) is 5.69 Å². The number of piperazine rings is 1. The number of rotatable bonds is 5. The Bertz CT molecular complexity index is 1120. The van der Waals surface area contributed by atoms with Crippen LogP contribution in [0.15, 0.2) is 60.9 Å². The zero-order chi connectivity index (χ0) is 20.5. The molecule has 1 fully saturated rings. The van der Waals surface area contributed by atoms with Crippen LogP contribution in [0, 0.1) is 0 Å². The minimum Gasteiger partial charge on any atom is -0.497 e. The lowest BCUT2D eigenvalue weighted by Crippen LogP contribution is -2.47. The van der Waals surface area contributed by atoms with Gasteiger partial charge < -0.3 is 14.7 Å². The SMILES string of the molecule is COc1ccc(C(c2sc3ncnn3c2O)N2CCN(c3ccccc3)CC2)cc1. The molecule has 2 aromatic carbocycles. The summed E-state index contributed by atoms with van der Waals surface area (Å²) in [6, 6.07) is 18.5. The summed E-state index contributed by atoms with van der Waals surface area (Å²) >= 11 is 1.49. The van der Waals surface area contributed by atoms with Crippen molar-refractivity contribution in [2.24, 2.45) is 0 Å². The van der Waals surface area contributed by atoms with Gasteiger partial charge in [0.25, 0.3) is 0 Å². The number of nitrogens with zero attached hydrogens (tertiary/aromatic N) is 5. The quantitative estimate of drug-likeness (QED) is 0.533. The highest BCUT2D eigenvalue weighted by Gasteiger charge is 2.31. The third-order valence-corrected chi connectivity index (χ3v) is 6.71. The lowest BCUT2D eigenvalue weighted by molar-refractivity contribution is 0.211. The first-order chi connectivity index (χ1) is 14.7. The zero-order valence-electron chi connectivity index (χ0n) is 16.7. The largest absolute Gasteiger partial charge is 0.497 e. The lowest BCUT2D eigenvalue weighted by Gasteiger charge is -2.40. The Hall–Kier alpha value is -3.10. The van der Waals surface area contributed by atoms with Gasteiger partial charge in [-0.05, 0) is 29.8 Å². The van der Waals surface area contributed by atoms with Crippen LogP contribution in [-0.4, -0.2) is 57.9 Å². The van der Waals surface area contributed by atoms with Crippen molar-refractivity contribution in [1.82, 2.24) is 19.5 Å². The fraction of sp³-hybridized carbons (Fsp3) is 0.273. The molecule has 0 aliphatic carbocycles. The van der Waals surface area contributed by atoms with Crippen LogP contribution in [0.3, 0.4) is 0 Å². The number of fused-ring (bicyclic) bond motifs is 1. The highest BCUT2D eigenvalue weighted by Crippen LogP contribution is 2.40. The molecule has 1 aliphatic heterocycles. The maximum absolute atomic E-state index is 10.9. The minimum atomic E-state index is -0.0673. The molecule has 0 saturated carbocycles. The Balaban J connectivity index is 1.47. The van der Waals surface area contributed by atoms with Gasteiger partial charge in [0, 0.05) is 31.9 Å². The molecule has 4 aromatic rings. The van der Waals surface area contributed by atoms with Gasteiger partial charge in [-0.3, -0.25) is 4.90 Å². The van der Waals surface area contributed by atoms with Gasteiger partial charge >= 0.3 is 0 Å². The molecule has 1 unspecified atom stereocenters. The minimum absolute atomic E-state index is 0.0673. The van der Waals surface area contributed by atoms with Crippen molar-refractivity contribution in [3.8, 4) is 11.6 Å². The van der Waals surface area contributed by atoms with Gasteiger partial charge in [0.05, 0.1) is 18.0 Å². The number of hydrogen-bond donors (Lipinski definition) is 1. The number of anilines is 1. The molecule has 1 saturated heterocycles. The first-order valence-electron chi connectivity index (χ1n) is 9.94. The molecule has 0 amide bonds. The summed E-state index contributed by atoms with van der Waals surface area (Å²) in [5.41, 5.74) is 2.36. The Labute approximate surface area is 178 Å². The predicted octanol–water partition coefficient (Wildman–Crippen LogP) is 3.42. The van der Waals surface area contributed by atoms with Crippen LogP contribution < -0.4 is 9.64 Å². The Morgan fingerprint density at radius 2 is 1.73 bits per heavy atom. The average Bonchev–Trinajstić information content (AvgIpc) is 3.39. The van der Waals surface area contributed by atoms with Gasteiger partial charge in [-0.1, -0.05) is 41.7 Å². The van der Waals surface area contributed by atoms with E-state index in [9.17, 15) is 5.11 Å². The Morgan fingerprint density at radius 3 is 2.40 bits per heavy atom. The van der Waals surface area contributed by atoms with E-state index in [2.05, 4.69) is 56.3 Å². The van der Waals surface area contributed by atoms with E-state index in [1.54, 1.807) is 7.11 Å². The van der Waals surface area contributed by atoms with Crippen molar-refractivity contribution in [3.63, 3.8) is 0 Å². The fourth-order valence-electron chi connectivity index (χ4n) is 4.06. The first kappa shape index (κ1) is 18.9. The summed E-state index contributed by atoms with van der Waals surface area (Å²) in [6.45, 7) is 3.63. The van der Waals surface area contributed by atoms with Gasteiger partial charge in [0.2, 0.25) is 10.8 Å². The molecular formula is C22H23N5O2S. The van der Waals surface area contributed by atoms with E-state index in [1.807, 2.05) is 18.2 Å². The fourth-order valence-corrected chi connectivity index (χ4v) is 5.15. The second kappa shape index (κ2) is 7.97. The van der Waals surface area contributed by atoms with Crippen LogP contribution in [0.1, 0.15) is 16.5 Å². The third-order valence-electron chi connectivity index (χ3n) is 5.62. The maximum atomic E-state index is 10.9. The van der Waals surface area contributed by atoms with E-state index in [0.29, 0.717) is 4.96 Å². The second-order valence-corrected chi connectivity index (χ2v) is 8.29. The third kappa shape index (κ3) is 3.38. The van der Waals surface area contributed by atoms with Gasteiger partial charge in [-0.25, -0.2) is 4.98 Å². The van der Waals surface area contributed by atoms with Crippen molar-refractivity contribution in [1.29, 1.82) is 0 Å². The molecule has 3 heterocycles. The summed E-state index contributed by atoms with van der Waals surface area (Å²) in [5.74, 6) is 0.983. The van der Waals surface area contributed by atoms with Crippen LogP contribution in [-0.2, 0) is 0 Å². The molecule has 1 atom stereocenters. The molecule has 154 valence electrons. The molecule has 0 spiro atoms. The maximum Gasteiger partial charge on any atom is 0.230 e. The molecular weight excluding hydrogens is 398 g/mol. The number of aromatic nitrogens is 3. The van der Waals surface area contributed by atoms with E-state index >= 15 is 0 Å². The molecule has 5 rings (SSSR count). The van der Waals surface area contributed by atoms with Gasteiger partial charge in [-0.2, -0.15) is 9.61 Å². The number of aromatic hydroxyl groups is 1. The summed E-state index contributed by atoms with van der Waals surface area (Å²) in [4.78, 5) is 10.7. The normalized spacial score (nSPS) is 16.1. The smallest absolute Gasteiger partial charge is 0.230 e. The van der Waals surface area contributed by atoms with E-state index in [4.69, 9.17) is 4.74 Å². The van der Waals surface area contributed by atoms with Crippen molar-refractivity contribution in [2.75, 3.05) is 38.2 Å². The molecule has 2 aromatic heterocycles. The van der Waals surface area contributed by atoms with Gasteiger partial charge in [-0.15, -0.1) is 0 Å². The molecule has 0 bridgehead atoms. The average molecular weight is 422 g/mol. The molecule has 8 heteroatoms. The van der Waals surface area contributed by atoms with Crippen LogP contribution in [0.5, 0.6) is 11.6 Å². The van der Waals surface area contributed by atoms with Crippen molar-refractivity contribution >= 4 is 22.0 Å². The predicted molar refractivity (Wildman–Crippen MR) is 118 cm³/mol. The van der Waals surface area contributed by atoms with E-state index in [1.165, 1.54) is 27.9 Å². The lowest BCUT2D eigenvalue weighted by atomic mass is 10.0. The standard InChI is InChI=1S/C22H23N5O2S/c1-29-18-9-7-16(8-10-18)19(20-21(28)27-22(30-20)23-15-24-27)26-13-11-25(12-14-26)17-5-3-2-4-6-17/h2-10,15,19,28H,11-14H2,1H3. The highest BCUT2D eigenvalue weighted by molar-refractivity contribution is 7.17. The zero-order valence-corrected chi connectivity index (χ0v) is 17.5. The van der Waals surface area contributed by atoms with Crippen molar-refractivity contribution in [2.45, 2.75) is 6.04 Å². The van der Waals surface area contributed by atoms with E-state index < -0.39 is 0 Å². The summed E-state index contributed by atoms with van der Waals surface area (Å²) in [6.07, 6.45) is 1.47. The first-order valence-corrected chi connectivity index (χ1v) is 10.8. The number of para-hydroxylation sites is 1. The molecule has 7 nitrogen and oxygen atoms in total. The molecule has 30 heavy (non-hydrogen) atoms. The second-order valence-electron chi connectivity index (χ2n) is 7.28. The van der Waals surface area contributed by atoms with E-state index in [-0.39, 0.29) is 11.9 Å². The van der Waals surface area contributed by atoms with Gasteiger partial charge in [0.1, 0.15) is 12.1 Å². The molecule has 1 aliphatic rings. The number of ether oxygens (including phenoxy) is 1. The Kier molecular flexibility index (Phi) is 5.02.